The molecule has 0 spiro atoms. The first-order chi connectivity index (χ1) is 12.6. The number of amidine groups is 1. The zero-order valence-electron chi connectivity index (χ0n) is 14.6. The van der Waals surface area contributed by atoms with Crippen LogP contribution in [0.15, 0.2) is 41.5 Å². The number of carbonyl (C=O) groups is 1. The predicted octanol–water partition coefficient (Wildman–Crippen LogP) is 3.71. The van der Waals surface area contributed by atoms with E-state index in [0.717, 1.165) is 0 Å². The zero-order valence-corrected chi connectivity index (χ0v) is 15.4. The Kier molecular flexibility index (Phi) is 7.11. The standard InChI is InChI=1S/C18H21ClN6O/c1-3-22-16(8-9-20)25-17-10-15(13(19)11-23-17)24-14-7-5-4-6-12(14)18(26)21-2/h4-7,9-11,20H,3,8H2,1-2H3,(H,21,26)(H2,22,23,24,25). The maximum absolute atomic E-state index is 12.0. The van der Waals surface area contributed by atoms with Crippen molar-refractivity contribution in [3.63, 3.8) is 0 Å². The monoisotopic (exact) mass is 372 g/mol. The van der Waals surface area contributed by atoms with Gasteiger partial charge in [-0.2, -0.15) is 0 Å². The number of nitrogens with one attached hydrogen (secondary N) is 4. The fourth-order valence-corrected chi connectivity index (χ4v) is 2.41. The van der Waals surface area contributed by atoms with Gasteiger partial charge in [-0.1, -0.05) is 23.7 Å². The van der Waals surface area contributed by atoms with Gasteiger partial charge in [0.25, 0.3) is 5.91 Å². The molecule has 0 unspecified atom stereocenters. The minimum atomic E-state index is -0.194. The van der Waals surface area contributed by atoms with E-state index in [2.05, 4.69) is 25.9 Å². The Morgan fingerprint density at radius 2 is 2.12 bits per heavy atom. The lowest BCUT2D eigenvalue weighted by Crippen LogP contribution is -2.19. The van der Waals surface area contributed by atoms with E-state index in [1.165, 1.54) is 12.4 Å². The van der Waals surface area contributed by atoms with Gasteiger partial charge in [0, 0.05) is 32.3 Å². The van der Waals surface area contributed by atoms with Gasteiger partial charge >= 0.3 is 0 Å². The first-order valence-electron chi connectivity index (χ1n) is 8.12. The van der Waals surface area contributed by atoms with Crippen molar-refractivity contribution in [2.45, 2.75) is 13.3 Å². The highest BCUT2D eigenvalue weighted by Gasteiger charge is 2.12. The predicted molar refractivity (Wildman–Crippen MR) is 107 cm³/mol. The van der Waals surface area contributed by atoms with Crippen molar-refractivity contribution in [3.05, 3.63) is 47.1 Å². The van der Waals surface area contributed by atoms with Crippen molar-refractivity contribution in [1.82, 2.24) is 10.3 Å². The van der Waals surface area contributed by atoms with Crippen LogP contribution in [0.3, 0.4) is 0 Å². The molecule has 4 N–H and O–H groups in total. The largest absolute Gasteiger partial charge is 0.355 e. The normalized spacial score (nSPS) is 11.0. The van der Waals surface area contributed by atoms with E-state index in [9.17, 15) is 4.79 Å². The number of carbonyl (C=O) groups excluding carboxylic acids is 1. The smallest absolute Gasteiger partial charge is 0.253 e. The summed E-state index contributed by atoms with van der Waals surface area (Å²) < 4.78 is 0. The van der Waals surface area contributed by atoms with Gasteiger partial charge in [-0.15, -0.1) is 0 Å². The molecule has 1 aromatic carbocycles. The van der Waals surface area contributed by atoms with Crippen molar-refractivity contribution in [1.29, 1.82) is 5.41 Å². The average Bonchev–Trinajstić information content (AvgIpc) is 2.64. The molecule has 2 rings (SSSR count). The molecule has 0 aliphatic carbocycles. The number of aromatic nitrogens is 1. The van der Waals surface area contributed by atoms with Crippen molar-refractivity contribution < 1.29 is 4.79 Å². The Labute approximate surface area is 157 Å². The second-order valence-electron chi connectivity index (χ2n) is 5.25. The first-order valence-corrected chi connectivity index (χ1v) is 8.49. The Bertz CT molecular complexity index is 821. The third-order valence-corrected chi connectivity index (χ3v) is 3.74. The van der Waals surface area contributed by atoms with Crippen molar-refractivity contribution in [2.24, 2.45) is 4.99 Å². The Balaban J connectivity index is 2.30. The third-order valence-electron chi connectivity index (χ3n) is 3.44. The van der Waals surface area contributed by atoms with Crippen LogP contribution < -0.4 is 16.0 Å². The SMILES string of the molecule is CCN=C(CC=N)Nc1cc(Nc2ccccc2C(=O)NC)c(Cl)cn1. The third kappa shape index (κ3) is 5.03. The number of pyridine rings is 1. The second kappa shape index (κ2) is 9.53. The van der Waals surface area contributed by atoms with E-state index in [-0.39, 0.29) is 5.91 Å². The second-order valence-corrected chi connectivity index (χ2v) is 5.66. The molecular weight excluding hydrogens is 352 g/mol. The molecule has 1 aromatic heterocycles. The number of anilines is 3. The molecule has 2 aromatic rings. The molecule has 7 nitrogen and oxygen atoms in total. The van der Waals surface area contributed by atoms with Crippen LogP contribution in [0.1, 0.15) is 23.7 Å². The Morgan fingerprint density at radius 3 is 2.81 bits per heavy atom. The van der Waals surface area contributed by atoms with Gasteiger partial charge in [0.2, 0.25) is 0 Å². The van der Waals surface area contributed by atoms with Gasteiger partial charge in [0.05, 0.1) is 28.2 Å². The number of hydrogen-bond donors (Lipinski definition) is 4. The minimum absolute atomic E-state index is 0.194. The molecule has 0 fully saturated rings. The van der Waals surface area contributed by atoms with E-state index in [1.54, 1.807) is 31.3 Å². The molecule has 0 bridgehead atoms. The van der Waals surface area contributed by atoms with Gasteiger partial charge in [-0.3, -0.25) is 9.79 Å². The number of para-hydroxylation sites is 1. The molecule has 0 radical (unpaired) electrons. The summed E-state index contributed by atoms with van der Waals surface area (Å²) in [6, 6.07) is 8.89. The molecule has 136 valence electrons. The lowest BCUT2D eigenvalue weighted by Gasteiger charge is -2.14. The van der Waals surface area contributed by atoms with Gasteiger partial charge in [0.1, 0.15) is 11.7 Å². The van der Waals surface area contributed by atoms with Crippen LogP contribution in [0.2, 0.25) is 5.02 Å². The lowest BCUT2D eigenvalue weighted by atomic mass is 10.1. The summed E-state index contributed by atoms with van der Waals surface area (Å²) in [6.07, 6.45) is 3.18. The highest BCUT2D eigenvalue weighted by atomic mass is 35.5. The van der Waals surface area contributed by atoms with Gasteiger partial charge in [0.15, 0.2) is 0 Å². The molecule has 0 saturated carbocycles. The zero-order chi connectivity index (χ0) is 18.9. The van der Waals surface area contributed by atoms with Gasteiger partial charge in [-0.25, -0.2) is 4.98 Å². The average molecular weight is 373 g/mol. The van der Waals surface area contributed by atoms with E-state index in [1.807, 2.05) is 13.0 Å². The van der Waals surface area contributed by atoms with Crippen LogP contribution in [0.25, 0.3) is 0 Å². The van der Waals surface area contributed by atoms with E-state index < -0.39 is 0 Å². The molecule has 0 saturated heterocycles. The number of hydrogen-bond acceptors (Lipinski definition) is 5. The molecule has 1 heterocycles. The maximum atomic E-state index is 12.0. The van der Waals surface area contributed by atoms with Crippen LogP contribution >= 0.6 is 11.6 Å². The summed E-state index contributed by atoms with van der Waals surface area (Å²) in [5, 5.41) is 16.5. The van der Waals surface area contributed by atoms with E-state index >= 15 is 0 Å². The number of halogens is 1. The van der Waals surface area contributed by atoms with Gasteiger partial charge < -0.3 is 21.4 Å². The summed E-state index contributed by atoms with van der Waals surface area (Å²) in [4.78, 5) is 20.6. The number of nitrogens with zero attached hydrogens (tertiary/aromatic N) is 2. The molecule has 8 heteroatoms. The van der Waals surface area contributed by atoms with Crippen LogP contribution in [0, 0.1) is 5.41 Å². The number of aliphatic imine (C=N–C) groups is 1. The number of rotatable bonds is 7. The molecule has 26 heavy (non-hydrogen) atoms. The summed E-state index contributed by atoms with van der Waals surface area (Å²) in [5.74, 6) is 0.998. The number of benzene rings is 1. The molecule has 0 aliphatic heterocycles. The topological polar surface area (TPSA) is 102 Å². The molecule has 1 amide bonds. The van der Waals surface area contributed by atoms with Crippen molar-refractivity contribution in [2.75, 3.05) is 24.2 Å². The van der Waals surface area contributed by atoms with Crippen LogP contribution in [0.5, 0.6) is 0 Å². The quantitative estimate of drug-likeness (QED) is 0.439. The van der Waals surface area contributed by atoms with Crippen LogP contribution in [-0.2, 0) is 0 Å². The summed E-state index contributed by atoms with van der Waals surface area (Å²) in [6.45, 7) is 2.53. The highest BCUT2D eigenvalue weighted by molar-refractivity contribution is 6.33. The summed E-state index contributed by atoms with van der Waals surface area (Å²) >= 11 is 6.25. The summed E-state index contributed by atoms with van der Waals surface area (Å²) in [5.41, 5.74) is 1.74. The molecule has 0 atom stereocenters. The fraction of sp³-hybridized carbons (Fsp3) is 0.222. The maximum Gasteiger partial charge on any atom is 0.253 e. The van der Waals surface area contributed by atoms with Crippen LogP contribution in [0.4, 0.5) is 17.2 Å². The molecule has 0 aliphatic rings. The minimum Gasteiger partial charge on any atom is -0.355 e. The highest BCUT2D eigenvalue weighted by Crippen LogP contribution is 2.28. The number of amides is 1. The Morgan fingerprint density at radius 1 is 1.35 bits per heavy atom. The lowest BCUT2D eigenvalue weighted by molar-refractivity contribution is 0.0964. The van der Waals surface area contributed by atoms with E-state index in [0.29, 0.717) is 46.6 Å². The van der Waals surface area contributed by atoms with Crippen molar-refractivity contribution >= 4 is 46.8 Å². The fourth-order valence-electron chi connectivity index (χ4n) is 2.26. The summed E-state index contributed by atoms with van der Waals surface area (Å²) in [7, 11) is 1.58. The van der Waals surface area contributed by atoms with Crippen LogP contribution in [-0.4, -0.2) is 36.5 Å². The molecular formula is C18H21ClN6O. The Hall–Kier alpha value is -2.93. The van der Waals surface area contributed by atoms with Crippen molar-refractivity contribution in [3.8, 4) is 0 Å². The van der Waals surface area contributed by atoms with Gasteiger partial charge in [-0.05, 0) is 19.1 Å². The first kappa shape index (κ1) is 19.4. The van der Waals surface area contributed by atoms with E-state index in [4.69, 9.17) is 17.0 Å².